The zero-order valence-electron chi connectivity index (χ0n) is 15.2. The fourth-order valence-electron chi connectivity index (χ4n) is 2.72. The van der Waals surface area contributed by atoms with Gasteiger partial charge >= 0.3 is 24.5 Å². The number of likely N-dealkylation sites (tertiary alicyclic amines) is 1. The van der Waals surface area contributed by atoms with Crippen LogP contribution in [0, 0.1) is 11.3 Å². The Balaban J connectivity index is 1.84. The van der Waals surface area contributed by atoms with Gasteiger partial charge in [-0.05, 0) is 31.0 Å². The molecule has 1 heterocycles. The summed E-state index contributed by atoms with van der Waals surface area (Å²) in [5, 5.41) is 13.9. The van der Waals surface area contributed by atoms with E-state index >= 15 is 0 Å². The molecular formula is C17H16F6N4O3. The quantitative estimate of drug-likeness (QED) is 0.703. The van der Waals surface area contributed by atoms with Gasteiger partial charge in [-0.1, -0.05) is 6.07 Å². The Morgan fingerprint density at radius 3 is 2.27 bits per heavy atom. The van der Waals surface area contributed by atoms with Crippen LogP contribution >= 0.6 is 0 Å². The number of rotatable bonds is 3. The van der Waals surface area contributed by atoms with Gasteiger partial charge in [0.1, 0.15) is 0 Å². The summed E-state index contributed by atoms with van der Waals surface area (Å²) in [5.74, 6) is 0. The Kier molecular flexibility index (Phi) is 7.01. The molecule has 0 unspecified atom stereocenters. The van der Waals surface area contributed by atoms with Crippen molar-refractivity contribution in [3.8, 4) is 6.07 Å². The molecule has 0 spiro atoms. The van der Waals surface area contributed by atoms with E-state index in [1.165, 1.54) is 6.07 Å². The maximum absolute atomic E-state index is 12.5. The summed E-state index contributed by atoms with van der Waals surface area (Å²) in [6.07, 6.45) is -17.3. The number of nitriles is 1. The first-order chi connectivity index (χ1) is 13.9. The SMILES string of the molecule is N#Cc1cccc(NC(=O)NC2CCN(C(=O)OC(C(F)(F)F)C(F)(F)F)CC2)c1. The van der Waals surface area contributed by atoms with Crippen molar-refractivity contribution in [1.29, 1.82) is 5.26 Å². The van der Waals surface area contributed by atoms with Crippen LogP contribution in [0.3, 0.4) is 0 Å². The van der Waals surface area contributed by atoms with Crippen LogP contribution in [0.2, 0.25) is 0 Å². The van der Waals surface area contributed by atoms with Crippen molar-refractivity contribution in [3.05, 3.63) is 29.8 Å². The molecule has 1 saturated heterocycles. The van der Waals surface area contributed by atoms with Gasteiger partial charge in [-0.15, -0.1) is 0 Å². The minimum Gasteiger partial charge on any atom is -0.426 e. The molecule has 3 amide bonds. The van der Waals surface area contributed by atoms with Crippen molar-refractivity contribution in [1.82, 2.24) is 10.2 Å². The Hall–Kier alpha value is -3.17. The lowest BCUT2D eigenvalue weighted by Gasteiger charge is -2.33. The van der Waals surface area contributed by atoms with Crippen molar-refractivity contribution in [2.24, 2.45) is 0 Å². The first-order valence-corrected chi connectivity index (χ1v) is 8.57. The van der Waals surface area contributed by atoms with Crippen molar-refractivity contribution in [3.63, 3.8) is 0 Å². The van der Waals surface area contributed by atoms with Crippen LogP contribution in [0.25, 0.3) is 0 Å². The number of urea groups is 1. The molecule has 1 aliphatic heterocycles. The fourth-order valence-corrected chi connectivity index (χ4v) is 2.72. The minimum absolute atomic E-state index is 0.101. The molecule has 7 nitrogen and oxygen atoms in total. The number of hydrogen-bond acceptors (Lipinski definition) is 4. The molecule has 0 bridgehead atoms. The van der Waals surface area contributed by atoms with Crippen LogP contribution < -0.4 is 10.6 Å². The molecule has 0 aliphatic carbocycles. The van der Waals surface area contributed by atoms with E-state index in [0.717, 1.165) is 4.90 Å². The van der Waals surface area contributed by atoms with E-state index < -0.39 is 36.6 Å². The van der Waals surface area contributed by atoms with Gasteiger partial charge in [0.2, 0.25) is 0 Å². The molecule has 13 heteroatoms. The first kappa shape index (κ1) is 23.1. The summed E-state index contributed by atoms with van der Waals surface area (Å²) in [6, 6.07) is 6.93. The highest BCUT2D eigenvalue weighted by Gasteiger charge is 2.60. The normalized spacial score (nSPS) is 15.5. The zero-order chi connectivity index (χ0) is 22.5. The Labute approximate surface area is 166 Å². The second kappa shape index (κ2) is 9.10. The third kappa shape index (κ3) is 6.43. The van der Waals surface area contributed by atoms with Crippen molar-refractivity contribution >= 4 is 17.8 Å². The smallest absolute Gasteiger partial charge is 0.426 e. The second-order valence-electron chi connectivity index (χ2n) is 6.40. The Morgan fingerprint density at radius 2 is 1.73 bits per heavy atom. The lowest BCUT2D eigenvalue weighted by molar-refractivity contribution is -0.308. The highest BCUT2D eigenvalue weighted by atomic mass is 19.4. The Bertz CT molecular complexity index is 799. The lowest BCUT2D eigenvalue weighted by atomic mass is 10.1. The van der Waals surface area contributed by atoms with Crippen molar-refractivity contribution < 1.29 is 40.7 Å². The van der Waals surface area contributed by atoms with Crippen LogP contribution in [0.15, 0.2) is 24.3 Å². The number of piperidine rings is 1. The van der Waals surface area contributed by atoms with Gasteiger partial charge in [0, 0.05) is 24.8 Å². The van der Waals surface area contributed by atoms with Crippen LogP contribution in [-0.4, -0.2) is 54.6 Å². The number of amides is 3. The Morgan fingerprint density at radius 1 is 1.13 bits per heavy atom. The molecule has 1 aromatic carbocycles. The number of carbonyl (C=O) groups is 2. The molecule has 2 N–H and O–H groups in total. The predicted octanol–water partition coefficient (Wildman–Crippen LogP) is 3.77. The zero-order valence-corrected chi connectivity index (χ0v) is 15.2. The maximum atomic E-state index is 12.5. The van der Waals surface area contributed by atoms with Gasteiger partial charge in [0.15, 0.2) is 0 Å². The van der Waals surface area contributed by atoms with Crippen LogP contribution in [0.1, 0.15) is 18.4 Å². The molecule has 0 atom stereocenters. The number of nitrogens with one attached hydrogen (secondary N) is 2. The summed E-state index contributed by atoms with van der Waals surface area (Å²) >= 11 is 0. The molecule has 1 aliphatic rings. The van der Waals surface area contributed by atoms with Gasteiger partial charge in [-0.2, -0.15) is 31.6 Å². The number of nitrogens with zero attached hydrogens (tertiary/aromatic N) is 2. The summed E-state index contributed by atoms with van der Waals surface area (Å²) in [5.41, 5.74) is 0.688. The molecule has 0 saturated carbocycles. The maximum Gasteiger partial charge on any atom is 0.434 e. The predicted molar refractivity (Wildman–Crippen MR) is 90.3 cm³/mol. The van der Waals surface area contributed by atoms with Crippen LogP contribution in [0.4, 0.5) is 41.6 Å². The highest BCUT2D eigenvalue weighted by Crippen LogP contribution is 2.36. The summed E-state index contributed by atoms with van der Waals surface area (Å²) < 4.78 is 78.6. The number of alkyl halides is 6. The van der Waals surface area contributed by atoms with E-state index in [2.05, 4.69) is 15.4 Å². The topological polar surface area (TPSA) is 94.5 Å². The van der Waals surface area contributed by atoms with E-state index in [-0.39, 0.29) is 25.9 Å². The number of ether oxygens (including phenoxy) is 1. The fraction of sp³-hybridized carbons (Fsp3) is 0.471. The minimum atomic E-state index is -5.78. The van der Waals surface area contributed by atoms with E-state index in [4.69, 9.17) is 5.26 Å². The van der Waals surface area contributed by atoms with Gasteiger partial charge < -0.3 is 20.3 Å². The molecule has 0 radical (unpaired) electrons. The molecule has 1 fully saturated rings. The van der Waals surface area contributed by atoms with Crippen molar-refractivity contribution in [2.45, 2.75) is 37.3 Å². The lowest BCUT2D eigenvalue weighted by Crippen LogP contribution is -2.51. The molecular weight excluding hydrogens is 422 g/mol. The molecule has 1 aromatic rings. The van der Waals surface area contributed by atoms with E-state index in [9.17, 15) is 35.9 Å². The second-order valence-corrected chi connectivity index (χ2v) is 6.40. The van der Waals surface area contributed by atoms with E-state index in [1.54, 1.807) is 18.2 Å². The number of benzene rings is 1. The third-order valence-electron chi connectivity index (χ3n) is 4.15. The standard InChI is InChI=1S/C17H16F6N4O3/c18-16(19,20)13(17(21,22)23)30-15(29)27-6-4-11(5-7-27)25-14(28)26-12-3-1-2-10(8-12)9-24/h1-3,8,11,13H,4-7H2,(H2,25,26,28). The molecule has 2 rings (SSSR count). The average Bonchev–Trinajstić information content (AvgIpc) is 2.64. The third-order valence-corrected chi connectivity index (χ3v) is 4.15. The highest BCUT2D eigenvalue weighted by molar-refractivity contribution is 5.89. The molecule has 30 heavy (non-hydrogen) atoms. The summed E-state index contributed by atoms with van der Waals surface area (Å²) in [6.45, 7) is -0.397. The van der Waals surface area contributed by atoms with Gasteiger partial charge in [-0.25, -0.2) is 9.59 Å². The van der Waals surface area contributed by atoms with Gasteiger partial charge in [0.25, 0.3) is 6.10 Å². The van der Waals surface area contributed by atoms with E-state index in [0.29, 0.717) is 11.3 Å². The van der Waals surface area contributed by atoms with Crippen molar-refractivity contribution in [2.75, 3.05) is 18.4 Å². The summed E-state index contributed by atoms with van der Waals surface area (Å²) in [7, 11) is 0. The van der Waals surface area contributed by atoms with Gasteiger partial charge in [-0.3, -0.25) is 0 Å². The number of anilines is 1. The number of carbonyl (C=O) groups excluding carboxylic acids is 2. The van der Waals surface area contributed by atoms with Crippen LogP contribution in [-0.2, 0) is 4.74 Å². The number of halogens is 6. The van der Waals surface area contributed by atoms with E-state index in [1.807, 2.05) is 6.07 Å². The summed E-state index contributed by atoms with van der Waals surface area (Å²) in [4.78, 5) is 24.4. The largest absolute Gasteiger partial charge is 0.434 e. The van der Waals surface area contributed by atoms with Gasteiger partial charge in [0.05, 0.1) is 11.6 Å². The number of hydrogen-bond donors (Lipinski definition) is 2. The first-order valence-electron chi connectivity index (χ1n) is 8.57. The monoisotopic (exact) mass is 438 g/mol. The molecule has 164 valence electrons. The average molecular weight is 438 g/mol. The van der Waals surface area contributed by atoms with Crippen LogP contribution in [0.5, 0.6) is 0 Å². The molecule has 0 aromatic heterocycles.